The molecule has 0 bridgehead atoms. The maximum Gasteiger partial charge on any atom is 0.328 e. The van der Waals surface area contributed by atoms with Gasteiger partial charge < -0.3 is 20.8 Å². The summed E-state index contributed by atoms with van der Waals surface area (Å²) in [5.74, 6) is -1.54. The Bertz CT molecular complexity index is 287. The summed E-state index contributed by atoms with van der Waals surface area (Å²) in [5, 5.41) is 23.2. The average Bonchev–Trinajstić information content (AvgIpc) is 2.75. The minimum absolute atomic E-state index is 0.321. The largest absolute Gasteiger partial charge is 0.480 e. The number of carbonyl (C=O) groups excluding carboxylic acids is 1. The first kappa shape index (κ1) is 13.9. The minimum atomic E-state index is -1.22. The highest BCUT2D eigenvalue weighted by Crippen LogP contribution is 2.25. The van der Waals surface area contributed by atoms with Crippen LogP contribution in [0, 0.1) is 0 Å². The van der Waals surface area contributed by atoms with Gasteiger partial charge in [0.25, 0.3) is 0 Å². The summed E-state index contributed by atoms with van der Waals surface area (Å²) in [6.45, 7) is 2.16. The number of aliphatic hydroxyl groups is 1. The third kappa shape index (κ3) is 3.17. The number of carbonyl (C=O) groups is 2. The van der Waals surface area contributed by atoms with Gasteiger partial charge in [0.15, 0.2) is 0 Å². The zero-order valence-corrected chi connectivity index (χ0v) is 10.0. The Hall–Kier alpha value is -1.14. The van der Waals surface area contributed by atoms with Gasteiger partial charge in [0, 0.05) is 0 Å². The second kappa shape index (κ2) is 5.97. The Labute approximate surface area is 100 Å². The molecular formula is C11H20N2O4. The summed E-state index contributed by atoms with van der Waals surface area (Å²) in [7, 11) is 0. The Morgan fingerprint density at radius 2 is 2.24 bits per heavy atom. The van der Waals surface area contributed by atoms with Gasteiger partial charge in [-0.15, -0.1) is 0 Å². The maximum atomic E-state index is 12.1. The van der Waals surface area contributed by atoms with E-state index in [1.54, 1.807) is 0 Å². The highest BCUT2D eigenvalue weighted by Gasteiger charge is 2.41. The van der Waals surface area contributed by atoms with Crippen molar-refractivity contribution in [1.29, 1.82) is 0 Å². The number of carboxylic acid groups (broad SMARTS) is 1. The normalized spacial score (nSPS) is 25.5. The fourth-order valence-corrected chi connectivity index (χ4v) is 2.24. The molecule has 6 heteroatoms. The molecule has 1 unspecified atom stereocenters. The second-order valence-electron chi connectivity index (χ2n) is 4.41. The quantitative estimate of drug-likeness (QED) is 0.503. The van der Waals surface area contributed by atoms with Gasteiger partial charge in [-0.25, -0.2) is 4.79 Å². The molecular weight excluding hydrogens is 224 g/mol. The molecule has 4 N–H and O–H groups in total. The van der Waals surface area contributed by atoms with E-state index in [2.05, 4.69) is 10.6 Å². The van der Waals surface area contributed by atoms with E-state index in [1.165, 1.54) is 0 Å². The number of rotatable bonds is 6. The molecule has 1 amide bonds. The zero-order valence-electron chi connectivity index (χ0n) is 10.0. The van der Waals surface area contributed by atoms with E-state index in [4.69, 9.17) is 10.2 Å². The van der Waals surface area contributed by atoms with Crippen molar-refractivity contribution in [3.05, 3.63) is 0 Å². The van der Waals surface area contributed by atoms with Crippen LogP contribution in [0.25, 0.3) is 0 Å². The van der Waals surface area contributed by atoms with Gasteiger partial charge in [-0.2, -0.15) is 0 Å². The van der Waals surface area contributed by atoms with E-state index in [0.717, 1.165) is 19.4 Å². The molecule has 0 spiro atoms. The molecule has 0 aromatic heterocycles. The summed E-state index contributed by atoms with van der Waals surface area (Å²) >= 11 is 0. The number of carboxylic acids is 1. The van der Waals surface area contributed by atoms with Crippen molar-refractivity contribution in [3.63, 3.8) is 0 Å². The number of hydrogen-bond donors (Lipinski definition) is 4. The standard InChI is InChI=1S/C11H20N2O4/c1-2-4-11(5-3-6-12-11)10(17)13-8(7-14)9(15)16/h8,12,14H,2-7H2,1H3,(H,13,17)(H,15,16)/t8-,11?/m0/s1. The molecule has 0 radical (unpaired) electrons. The predicted molar refractivity (Wildman–Crippen MR) is 61.5 cm³/mol. The van der Waals surface area contributed by atoms with Crippen LogP contribution in [0.5, 0.6) is 0 Å². The van der Waals surface area contributed by atoms with Crippen LogP contribution in [-0.4, -0.2) is 46.8 Å². The Morgan fingerprint density at radius 3 is 2.65 bits per heavy atom. The van der Waals surface area contributed by atoms with Gasteiger partial charge in [0.05, 0.1) is 12.1 Å². The van der Waals surface area contributed by atoms with Crippen molar-refractivity contribution in [3.8, 4) is 0 Å². The monoisotopic (exact) mass is 244 g/mol. The van der Waals surface area contributed by atoms with Crippen LogP contribution in [0.15, 0.2) is 0 Å². The average molecular weight is 244 g/mol. The molecule has 0 aromatic rings. The van der Waals surface area contributed by atoms with Crippen molar-refractivity contribution in [2.75, 3.05) is 13.2 Å². The van der Waals surface area contributed by atoms with Gasteiger partial charge in [-0.3, -0.25) is 4.79 Å². The van der Waals surface area contributed by atoms with Gasteiger partial charge >= 0.3 is 5.97 Å². The van der Waals surface area contributed by atoms with E-state index in [9.17, 15) is 9.59 Å². The van der Waals surface area contributed by atoms with Gasteiger partial charge in [0.1, 0.15) is 6.04 Å². The fraction of sp³-hybridized carbons (Fsp3) is 0.818. The molecule has 1 aliphatic heterocycles. The SMILES string of the molecule is CCCC1(C(=O)N[C@@H](CO)C(=O)O)CCCN1. The lowest BCUT2D eigenvalue weighted by Gasteiger charge is -2.29. The molecule has 1 rings (SSSR count). The van der Waals surface area contributed by atoms with Crippen molar-refractivity contribution in [2.24, 2.45) is 0 Å². The molecule has 1 saturated heterocycles. The lowest BCUT2D eigenvalue weighted by molar-refractivity contribution is -0.144. The highest BCUT2D eigenvalue weighted by atomic mass is 16.4. The Morgan fingerprint density at radius 1 is 1.53 bits per heavy atom. The van der Waals surface area contributed by atoms with Crippen LogP contribution in [0.3, 0.4) is 0 Å². The molecule has 0 saturated carbocycles. The van der Waals surface area contributed by atoms with Crippen LogP contribution in [-0.2, 0) is 9.59 Å². The second-order valence-corrected chi connectivity index (χ2v) is 4.41. The van der Waals surface area contributed by atoms with Crippen molar-refractivity contribution in [2.45, 2.75) is 44.2 Å². The van der Waals surface area contributed by atoms with Crippen LogP contribution in [0.1, 0.15) is 32.6 Å². The summed E-state index contributed by atoms with van der Waals surface area (Å²) < 4.78 is 0. The Kier molecular flexibility index (Phi) is 4.89. The fourth-order valence-electron chi connectivity index (χ4n) is 2.24. The van der Waals surface area contributed by atoms with Crippen LogP contribution < -0.4 is 10.6 Å². The van der Waals surface area contributed by atoms with Crippen molar-refractivity contribution >= 4 is 11.9 Å². The van der Waals surface area contributed by atoms with E-state index in [0.29, 0.717) is 12.8 Å². The summed E-state index contributed by atoms with van der Waals surface area (Å²) in [5.41, 5.74) is -0.655. The summed E-state index contributed by atoms with van der Waals surface area (Å²) in [4.78, 5) is 22.8. The number of amides is 1. The third-order valence-electron chi connectivity index (χ3n) is 3.14. The van der Waals surface area contributed by atoms with Crippen molar-refractivity contribution < 1.29 is 19.8 Å². The molecule has 1 fully saturated rings. The summed E-state index contributed by atoms with van der Waals surface area (Å²) in [6, 6.07) is -1.22. The summed E-state index contributed by atoms with van der Waals surface area (Å²) in [6.07, 6.45) is 3.14. The molecule has 0 aliphatic carbocycles. The van der Waals surface area contributed by atoms with E-state index < -0.39 is 24.2 Å². The maximum absolute atomic E-state index is 12.1. The lowest BCUT2D eigenvalue weighted by atomic mass is 9.90. The van der Waals surface area contributed by atoms with E-state index in [-0.39, 0.29) is 5.91 Å². The van der Waals surface area contributed by atoms with Gasteiger partial charge in [0.2, 0.25) is 5.91 Å². The van der Waals surface area contributed by atoms with E-state index >= 15 is 0 Å². The van der Waals surface area contributed by atoms with Crippen molar-refractivity contribution in [1.82, 2.24) is 10.6 Å². The molecule has 1 aliphatic rings. The Balaban J connectivity index is 2.68. The van der Waals surface area contributed by atoms with E-state index in [1.807, 2.05) is 6.92 Å². The smallest absolute Gasteiger partial charge is 0.328 e. The number of nitrogens with one attached hydrogen (secondary N) is 2. The molecule has 17 heavy (non-hydrogen) atoms. The molecule has 0 aromatic carbocycles. The number of aliphatic hydroxyl groups excluding tert-OH is 1. The van der Waals surface area contributed by atoms with Crippen LogP contribution >= 0.6 is 0 Å². The number of aliphatic carboxylic acids is 1. The minimum Gasteiger partial charge on any atom is -0.480 e. The first-order chi connectivity index (χ1) is 8.05. The van der Waals surface area contributed by atoms with Gasteiger partial charge in [-0.05, 0) is 25.8 Å². The van der Waals surface area contributed by atoms with Gasteiger partial charge in [-0.1, -0.05) is 13.3 Å². The molecule has 1 heterocycles. The first-order valence-corrected chi connectivity index (χ1v) is 5.95. The first-order valence-electron chi connectivity index (χ1n) is 5.95. The highest BCUT2D eigenvalue weighted by molar-refractivity contribution is 5.90. The zero-order chi connectivity index (χ0) is 12.9. The van der Waals surface area contributed by atoms with Crippen LogP contribution in [0.4, 0.5) is 0 Å². The molecule has 6 nitrogen and oxygen atoms in total. The lowest BCUT2D eigenvalue weighted by Crippen LogP contribution is -2.57. The molecule has 98 valence electrons. The predicted octanol–water partition coefficient (Wildman–Crippen LogP) is -0.530. The topological polar surface area (TPSA) is 98.7 Å². The third-order valence-corrected chi connectivity index (χ3v) is 3.14. The number of hydrogen-bond acceptors (Lipinski definition) is 4. The molecule has 2 atom stereocenters. The van der Waals surface area contributed by atoms with Crippen LogP contribution in [0.2, 0.25) is 0 Å².